The van der Waals surface area contributed by atoms with Gasteiger partial charge in [0.05, 0.1) is 12.0 Å². The molecule has 1 heterocycles. The molecule has 21 heavy (non-hydrogen) atoms. The number of aryl methyl sites for hydroxylation is 1. The number of imidazole rings is 1. The smallest absolute Gasteiger partial charge is 0.232 e. The van der Waals surface area contributed by atoms with Gasteiger partial charge in [0.15, 0.2) is 0 Å². The van der Waals surface area contributed by atoms with Crippen LogP contribution in [0.25, 0.3) is 0 Å². The second kappa shape index (κ2) is 5.60. The number of carbonyl (C=O) groups excluding carboxylic acids is 1. The fourth-order valence-electron chi connectivity index (χ4n) is 2.33. The molecule has 0 saturated carbocycles. The van der Waals surface area contributed by atoms with Gasteiger partial charge in [-0.15, -0.1) is 0 Å². The number of likely N-dealkylation sites (N-methyl/N-ethyl adjacent to an activating group) is 1. The van der Waals surface area contributed by atoms with E-state index < -0.39 is 5.41 Å². The number of hydrogen-bond acceptors (Lipinski definition) is 3. The zero-order chi connectivity index (χ0) is 15.6. The highest BCUT2D eigenvalue weighted by Crippen LogP contribution is 2.26. The maximum atomic E-state index is 12.7. The predicted molar refractivity (Wildman–Crippen MR) is 83.6 cm³/mol. The number of nitrogen functional groups attached to an aromatic ring is 1. The topological polar surface area (TPSA) is 64.2 Å². The molecule has 5 heteroatoms. The van der Waals surface area contributed by atoms with Gasteiger partial charge in [0.25, 0.3) is 0 Å². The summed E-state index contributed by atoms with van der Waals surface area (Å²) in [6.07, 6.45) is 3.61. The van der Waals surface area contributed by atoms with E-state index in [1.165, 1.54) is 0 Å². The highest BCUT2D eigenvalue weighted by Gasteiger charge is 2.32. The van der Waals surface area contributed by atoms with Crippen LogP contribution in [-0.2, 0) is 23.8 Å². The summed E-state index contributed by atoms with van der Waals surface area (Å²) in [5.41, 5.74) is 6.75. The Bertz CT molecular complexity index is 628. The summed E-state index contributed by atoms with van der Waals surface area (Å²) in [6, 6.07) is 7.45. The number of hydrogen-bond donors (Lipinski definition) is 1. The molecule has 1 aromatic carbocycles. The van der Waals surface area contributed by atoms with Crippen molar-refractivity contribution in [3.8, 4) is 0 Å². The highest BCUT2D eigenvalue weighted by molar-refractivity contribution is 5.87. The van der Waals surface area contributed by atoms with Gasteiger partial charge >= 0.3 is 0 Å². The van der Waals surface area contributed by atoms with Crippen molar-refractivity contribution < 1.29 is 4.79 Å². The second-order valence-electron chi connectivity index (χ2n) is 5.86. The first-order valence-electron chi connectivity index (χ1n) is 6.90. The molecule has 0 atom stereocenters. The Balaban J connectivity index is 2.17. The molecule has 1 aromatic heterocycles. The Kier molecular flexibility index (Phi) is 4.02. The van der Waals surface area contributed by atoms with Gasteiger partial charge in [0, 0.05) is 32.2 Å². The van der Waals surface area contributed by atoms with E-state index in [-0.39, 0.29) is 5.91 Å². The number of nitrogens with zero attached hydrogens (tertiary/aromatic N) is 3. The summed E-state index contributed by atoms with van der Waals surface area (Å²) in [7, 11) is 3.72. The monoisotopic (exact) mass is 286 g/mol. The summed E-state index contributed by atoms with van der Waals surface area (Å²) in [5.74, 6) is 0.911. The molecule has 2 N–H and O–H groups in total. The van der Waals surface area contributed by atoms with Gasteiger partial charge < -0.3 is 15.2 Å². The lowest BCUT2D eigenvalue weighted by Crippen LogP contribution is -2.41. The first-order chi connectivity index (χ1) is 9.82. The minimum Gasteiger partial charge on any atom is -0.399 e. The maximum Gasteiger partial charge on any atom is 0.232 e. The van der Waals surface area contributed by atoms with Crippen molar-refractivity contribution in [2.45, 2.75) is 25.8 Å². The van der Waals surface area contributed by atoms with Gasteiger partial charge in [-0.05, 0) is 31.5 Å². The summed E-state index contributed by atoms with van der Waals surface area (Å²) < 4.78 is 1.92. The van der Waals surface area contributed by atoms with Crippen molar-refractivity contribution >= 4 is 11.6 Å². The molecule has 0 aliphatic heterocycles. The minimum absolute atomic E-state index is 0.0512. The van der Waals surface area contributed by atoms with E-state index in [1.54, 1.807) is 18.1 Å². The molecule has 0 spiro atoms. The largest absolute Gasteiger partial charge is 0.399 e. The van der Waals surface area contributed by atoms with E-state index in [2.05, 4.69) is 4.98 Å². The average molecular weight is 286 g/mol. The zero-order valence-electron chi connectivity index (χ0n) is 13.0. The van der Waals surface area contributed by atoms with E-state index in [0.29, 0.717) is 12.2 Å². The molecule has 0 bridgehead atoms. The van der Waals surface area contributed by atoms with Crippen LogP contribution in [-0.4, -0.2) is 27.4 Å². The summed E-state index contributed by atoms with van der Waals surface area (Å²) in [6.45, 7) is 4.34. The number of rotatable bonds is 4. The lowest BCUT2D eigenvalue weighted by molar-refractivity contribution is -0.135. The average Bonchev–Trinajstić information content (AvgIpc) is 2.83. The molecule has 0 unspecified atom stereocenters. The standard InChI is InChI=1S/C16H22N4O/c1-16(2,12-5-7-13(17)8-6-12)15(21)20(4)11-14-18-9-10-19(14)3/h5-10H,11,17H2,1-4H3. The minimum atomic E-state index is -0.604. The number of carbonyl (C=O) groups is 1. The van der Waals surface area contributed by atoms with Crippen LogP contribution < -0.4 is 5.73 Å². The van der Waals surface area contributed by atoms with Crippen LogP contribution in [0, 0.1) is 0 Å². The van der Waals surface area contributed by atoms with Crippen molar-refractivity contribution in [2.24, 2.45) is 7.05 Å². The fourth-order valence-corrected chi connectivity index (χ4v) is 2.33. The number of aromatic nitrogens is 2. The molecular weight excluding hydrogens is 264 g/mol. The normalized spacial score (nSPS) is 11.4. The second-order valence-corrected chi connectivity index (χ2v) is 5.86. The molecule has 0 saturated heterocycles. The van der Waals surface area contributed by atoms with Gasteiger partial charge in [-0.25, -0.2) is 4.98 Å². The van der Waals surface area contributed by atoms with Crippen LogP contribution in [0.1, 0.15) is 25.2 Å². The van der Waals surface area contributed by atoms with E-state index >= 15 is 0 Å². The summed E-state index contributed by atoms with van der Waals surface area (Å²) in [4.78, 5) is 18.7. The molecule has 0 radical (unpaired) electrons. The van der Waals surface area contributed by atoms with Gasteiger partial charge in [0.2, 0.25) is 5.91 Å². The third-order valence-electron chi connectivity index (χ3n) is 3.81. The Labute approximate surface area is 125 Å². The van der Waals surface area contributed by atoms with E-state index in [0.717, 1.165) is 11.4 Å². The van der Waals surface area contributed by atoms with Crippen molar-refractivity contribution in [2.75, 3.05) is 12.8 Å². The maximum absolute atomic E-state index is 12.7. The highest BCUT2D eigenvalue weighted by atomic mass is 16.2. The Morgan fingerprint density at radius 1 is 1.33 bits per heavy atom. The molecule has 2 rings (SSSR count). The molecule has 0 aliphatic rings. The van der Waals surface area contributed by atoms with Gasteiger partial charge in [0.1, 0.15) is 5.82 Å². The van der Waals surface area contributed by atoms with E-state index in [4.69, 9.17) is 5.73 Å². The van der Waals surface area contributed by atoms with Crippen LogP contribution in [0.3, 0.4) is 0 Å². The lowest BCUT2D eigenvalue weighted by Gasteiger charge is -2.29. The molecule has 112 valence electrons. The Morgan fingerprint density at radius 3 is 2.48 bits per heavy atom. The number of anilines is 1. The Hall–Kier alpha value is -2.30. The summed E-state index contributed by atoms with van der Waals surface area (Å²) >= 11 is 0. The Morgan fingerprint density at radius 2 is 1.95 bits per heavy atom. The third-order valence-corrected chi connectivity index (χ3v) is 3.81. The molecule has 0 aliphatic carbocycles. The molecule has 2 aromatic rings. The molecule has 0 fully saturated rings. The van der Waals surface area contributed by atoms with Gasteiger partial charge in [-0.2, -0.15) is 0 Å². The molecular formula is C16H22N4O. The number of amides is 1. The van der Waals surface area contributed by atoms with Gasteiger partial charge in [-0.3, -0.25) is 4.79 Å². The number of nitrogens with two attached hydrogens (primary N) is 1. The first-order valence-corrected chi connectivity index (χ1v) is 6.90. The predicted octanol–water partition coefficient (Wildman–Crippen LogP) is 1.94. The van der Waals surface area contributed by atoms with Crippen molar-refractivity contribution in [1.29, 1.82) is 0 Å². The van der Waals surface area contributed by atoms with Crippen LogP contribution in [0.2, 0.25) is 0 Å². The quantitative estimate of drug-likeness (QED) is 0.874. The van der Waals surface area contributed by atoms with Crippen LogP contribution in [0.15, 0.2) is 36.7 Å². The summed E-state index contributed by atoms with van der Waals surface area (Å²) in [5, 5.41) is 0. The van der Waals surface area contributed by atoms with Crippen LogP contribution in [0.4, 0.5) is 5.69 Å². The van der Waals surface area contributed by atoms with Crippen molar-refractivity contribution in [3.63, 3.8) is 0 Å². The van der Waals surface area contributed by atoms with Crippen LogP contribution in [0.5, 0.6) is 0 Å². The first kappa shape index (κ1) is 15.1. The SMILES string of the molecule is CN(Cc1nccn1C)C(=O)C(C)(C)c1ccc(N)cc1. The van der Waals surface area contributed by atoms with Crippen LogP contribution >= 0.6 is 0 Å². The third kappa shape index (κ3) is 3.07. The van der Waals surface area contributed by atoms with Gasteiger partial charge in [-0.1, -0.05) is 12.1 Å². The fraction of sp³-hybridized carbons (Fsp3) is 0.375. The number of benzene rings is 1. The lowest BCUT2D eigenvalue weighted by atomic mass is 9.83. The molecule has 1 amide bonds. The van der Waals surface area contributed by atoms with E-state index in [9.17, 15) is 4.79 Å². The molecule has 5 nitrogen and oxygen atoms in total. The zero-order valence-corrected chi connectivity index (χ0v) is 13.0. The van der Waals surface area contributed by atoms with Crippen molar-refractivity contribution in [3.05, 3.63) is 48.0 Å². The van der Waals surface area contributed by atoms with E-state index in [1.807, 2.05) is 55.9 Å². The van der Waals surface area contributed by atoms with Crippen molar-refractivity contribution in [1.82, 2.24) is 14.5 Å².